The molecule has 0 spiro atoms. The van der Waals surface area contributed by atoms with Gasteiger partial charge in [0.15, 0.2) is 5.78 Å². The highest BCUT2D eigenvalue weighted by atomic mass is 16.5. The summed E-state index contributed by atoms with van der Waals surface area (Å²) in [7, 11) is 0. The van der Waals surface area contributed by atoms with Crippen LogP contribution in [-0.2, 0) is 16.1 Å². The Balaban J connectivity index is 1.65. The smallest absolute Gasteiger partial charge is 0.330 e. The van der Waals surface area contributed by atoms with Crippen molar-refractivity contribution in [2.24, 2.45) is 0 Å². The van der Waals surface area contributed by atoms with Crippen molar-refractivity contribution in [2.45, 2.75) is 6.61 Å². The van der Waals surface area contributed by atoms with Gasteiger partial charge in [-0.05, 0) is 59.7 Å². The molecule has 0 N–H and O–H groups in total. The van der Waals surface area contributed by atoms with Gasteiger partial charge in [0.1, 0.15) is 6.61 Å². The molecule has 0 bridgehead atoms. The SMILES string of the molecule is C=CC(=O)OCc1ccc(N(c2ccc(C=C)cc2)c2ccc(C(=O)c3ccccc3)cc2)cc1. The first kappa shape index (κ1) is 23.5. The molecule has 4 aromatic carbocycles. The minimum absolute atomic E-state index is 0.0162. The highest BCUT2D eigenvalue weighted by Gasteiger charge is 2.14. The summed E-state index contributed by atoms with van der Waals surface area (Å²) in [4.78, 5) is 26.3. The van der Waals surface area contributed by atoms with Crippen molar-refractivity contribution in [2.75, 3.05) is 4.90 Å². The number of carbonyl (C=O) groups excluding carboxylic acids is 2. The van der Waals surface area contributed by atoms with E-state index in [0.29, 0.717) is 11.1 Å². The highest BCUT2D eigenvalue weighted by molar-refractivity contribution is 6.09. The van der Waals surface area contributed by atoms with Crippen LogP contribution in [0.5, 0.6) is 0 Å². The summed E-state index contributed by atoms with van der Waals surface area (Å²) in [5.74, 6) is -0.472. The van der Waals surface area contributed by atoms with Gasteiger partial charge in [-0.15, -0.1) is 0 Å². The van der Waals surface area contributed by atoms with Crippen LogP contribution in [0, 0.1) is 0 Å². The third-order valence-corrected chi connectivity index (χ3v) is 5.55. The molecular formula is C31H25NO3. The lowest BCUT2D eigenvalue weighted by Crippen LogP contribution is -2.11. The van der Waals surface area contributed by atoms with Crippen LogP contribution in [0.1, 0.15) is 27.0 Å². The fourth-order valence-electron chi connectivity index (χ4n) is 3.68. The van der Waals surface area contributed by atoms with E-state index < -0.39 is 5.97 Å². The second kappa shape index (κ2) is 10.9. The van der Waals surface area contributed by atoms with Gasteiger partial charge < -0.3 is 9.64 Å². The summed E-state index contributed by atoms with van der Waals surface area (Å²) >= 11 is 0. The number of anilines is 3. The molecule has 0 amide bonds. The maximum absolute atomic E-state index is 12.8. The molecule has 172 valence electrons. The van der Waals surface area contributed by atoms with Gasteiger partial charge in [0.05, 0.1) is 0 Å². The van der Waals surface area contributed by atoms with Crippen molar-refractivity contribution in [3.63, 3.8) is 0 Å². The molecule has 0 aliphatic rings. The minimum Gasteiger partial charge on any atom is -0.458 e. The van der Waals surface area contributed by atoms with Gasteiger partial charge in [-0.2, -0.15) is 0 Å². The monoisotopic (exact) mass is 459 g/mol. The van der Waals surface area contributed by atoms with Crippen molar-refractivity contribution in [3.05, 3.63) is 145 Å². The lowest BCUT2D eigenvalue weighted by Gasteiger charge is -2.26. The zero-order valence-corrected chi connectivity index (χ0v) is 19.3. The molecule has 4 heteroatoms. The zero-order valence-electron chi connectivity index (χ0n) is 19.3. The summed E-state index contributed by atoms with van der Waals surface area (Å²) in [6.07, 6.45) is 2.95. The average Bonchev–Trinajstić information content (AvgIpc) is 2.93. The van der Waals surface area contributed by atoms with E-state index in [1.54, 1.807) is 6.08 Å². The molecule has 0 radical (unpaired) electrons. The summed E-state index contributed by atoms with van der Waals surface area (Å²) < 4.78 is 5.13. The van der Waals surface area contributed by atoms with Crippen LogP contribution >= 0.6 is 0 Å². The first-order chi connectivity index (χ1) is 17.1. The molecule has 0 saturated heterocycles. The molecule has 4 rings (SSSR count). The minimum atomic E-state index is -0.455. The normalized spacial score (nSPS) is 10.3. The van der Waals surface area contributed by atoms with E-state index in [1.807, 2.05) is 103 Å². The molecule has 0 saturated carbocycles. The Kier molecular flexibility index (Phi) is 7.34. The molecule has 4 aromatic rings. The van der Waals surface area contributed by atoms with E-state index in [-0.39, 0.29) is 12.4 Å². The topological polar surface area (TPSA) is 46.6 Å². The second-order valence-corrected chi connectivity index (χ2v) is 7.85. The molecule has 0 fully saturated rings. The van der Waals surface area contributed by atoms with Gasteiger partial charge in [-0.1, -0.05) is 73.8 Å². The van der Waals surface area contributed by atoms with E-state index in [4.69, 9.17) is 4.74 Å². The third kappa shape index (κ3) is 5.63. The fourth-order valence-corrected chi connectivity index (χ4v) is 3.68. The average molecular weight is 460 g/mol. The summed E-state index contributed by atoms with van der Waals surface area (Å²) in [5.41, 5.74) is 5.98. The molecule has 0 unspecified atom stereocenters. The van der Waals surface area contributed by atoms with Crippen molar-refractivity contribution in [1.82, 2.24) is 0 Å². The summed E-state index contributed by atoms with van der Waals surface area (Å²) in [5, 5.41) is 0. The number of rotatable bonds is 9. The Labute approximate surface area is 205 Å². The van der Waals surface area contributed by atoms with Gasteiger partial charge in [0.2, 0.25) is 0 Å². The van der Waals surface area contributed by atoms with Crippen molar-refractivity contribution >= 4 is 34.9 Å². The number of hydrogen-bond donors (Lipinski definition) is 0. The molecule has 0 aromatic heterocycles. The van der Waals surface area contributed by atoms with E-state index in [9.17, 15) is 9.59 Å². The largest absolute Gasteiger partial charge is 0.458 e. The van der Waals surface area contributed by atoms with E-state index in [2.05, 4.69) is 18.1 Å². The lowest BCUT2D eigenvalue weighted by molar-refractivity contribution is -0.138. The van der Waals surface area contributed by atoms with Crippen LogP contribution < -0.4 is 4.90 Å². The number of ether oxygens (including phenoxy) is 1. The number of ketones is 1. The van der Waals surface area contributed by atoms with Gasteiger partial charge >= 0.3 is 5.97 Å². The van der Waals surface area contributed by atoms with E-state index in [1.165, 1.54) is 0 Å². The zero-order chi connectivity index (χ0) is 24.6. The third-order valence-electron chi connectivity index (χ3n) is 5.55. The fraction of sp³-hybridized carbons (Fsp3) is 0.0323. The number of benzene rings is 4. The highest BCUT2D eigenvalue weighted by Crippen LogP contribution is 2.35. The van der Waals surface area contributed by atoms with Crippen LogP contribution in [0.4, 0.5) is 17.1 Å². The number of esters is 1. The lowest BCUT2D eigenvalue weighted by atomic mass is 10.0. The molecule has 0 heterocycles. The van der Waals surface area contributed by atoms with Crippen molar-refractivity contribution in [1.29, 1.82) is 0 Å². The summed E-state index contributed by atoms with van der Waals surface area (Å²) in [6, 6.07) is 32.7. The predicted octanol–water partition coefficient (Wildman–Crippen LogP) is 7.26. The van der Waals surface area contributed by atoms with Gasteiger partial charge in [-0.25, -0.2) is 4.79 Å². The Bertz CT molecular complexity index is 1320. The number of hydrogen-bond acceptors (Lipinski definition) is 4. The molecule has 0 atom stereocenters. The summed E-state index contributed by atoms with van der Waals surface area (Å²) in [6.45, 7) is 7.42. The molecule has 0 aliphatic heterocycles. The molecule has 4 nitrogen and oxygen atoms in total. The first-order valence-electron chi connectivity index (χ1n) is 11.2. The molecular weight excluding hydrogens is 434 g/mol. The number of carbonyl (C=O) groups is 2. The maximum Gasteiger partial charge on any atom is 0.330 e. The second-order valence-electron chi connectivity index (χ2n) is 7.85. The Hall–Kier alpha value is -4.70. The van der Waals surface area contributed by atoms with Crippen LogP contribution in [0.15, 0.2) is 122 Å². The molecule has 0 aliphatic carbocycles. The van der Waals surface area contributed by atoms with Crippen LogP contribution in [-0.4, -0.2) is 11.8 Å². The van der Waals surface area contributed by atoms with Crippen molar-refractivity contribution in [3.8, 4) is 0 Å². The first-order valence-corrected chi connectivity index (χ1v) is 11.2. The standard InChI is InChI=1S/C31H25NO3/c1-3-23-10-16-27(17-11-23)32(28-18-12-24(13-19-28)22-35-30(33)4-2)29-20-14-26(15-21-29)31(34)25-8-6-5-7-9-25/h3-21H,1-2,22H2. The van der Waals surface area contributed by atoms with Crippen molar-refractivity contribution < 1.29 is 14.3 Å². The van der Waals surface area contributed by atoms with E-state index in [0.717, 1.165) is 34.3 Å². The van der Waals surface area contributed by atoms with E-state index >= 15 is 0 Å². The Morgan fingerprint density at radius 2 is 1.20 bits per heavy atom. The van der Waals surface area contributed by atoms with Gasteiger partial charge in [-0.3, -0.25) is 4.79 Å². The van der Waals surface area contributed by atoms with Crippen LogP contribution in [0.3, 0.4) is 0 Å². The Morgan fingerprint density at radius 1 is 0.686 bits per heavy atom. The Morgan fingerprint density at radius 3 is 1.74 bits per heavy atom. The van der Waals surface area contributed by atoms with Gasteiger partial charge in [0.25, 0.3) is 0 Å². The van der Waals surface area contributed by atoms with Gasteiger partial charge in [0, 0.05) is 34.3 Å². The van der Waals surface area contributed by atoms with Crippen LogP contribution in [0.2, 0.25) is 0 Å². The predicted molar refractivity (Wildman–Crippen MR) is 141 cm³/mol. The molecule has 35 heavy (non-hydrogen) atoms. The van der Waals surface area contributed by atoms with Crippen LogP contribution in [0.25, 0.3) is 6.08 Å². The maximum atomic E-state index is 12.8. The quantitative estimate of drug-likeness (QED) is 0.150. The number of nitrogens with zero attached hydrogens (tertiary/aromatic N) is 1.